The van der Waals surface area contributed by atoms with Crippen molar-refractivity contribution in [3.8, 4) is 0 Å². The topological polar surface area (TPSA) is 76.1 Å². The van der Waals surface area contributed by atoms with E-state index >= 15 is 0 Å². The third kappa shape index (κ3) is 6.04. The van der Waals surface area contributed by atoms with Gasteiger partial charge in [0.25, 0.3) is 5.91 Å². The standard InChI is InChI=1S/C17H22N4O2/c1-23-11-5-9-18-16-12-15(20-13-21-16)17(22)19-10-8-14-6-3-2-4-7-14/h2-4,6-7,12-13H,5,8-11H2,1H3,(H,19,22)(H,18,20,21). The normalized spacial score (nSPS) is 10.3. The van der Waals surface area contributed by atoms with Crippen molar-refractivity contribution >= 4 is 11.7 Å². The molecule has 1 aromatic carbocycles. The van der Waals surface area contributed by atoms with Gasteiger partial charge in [0.15, 0.2) is 0 Å². The molecule has 6 heteroatoms. The molecule has 0 saturated heterocycles. The van der Waals surface area contributed by atoms with Crippen LogP contribution in [0.2, 0.25) is 0 Å². The highest BCUT2D eigenvalue weighted by atomic mass is 16.5. The molecule has 0 aliphatic rings. The van der Waals surface area contributed by atoms with Crippen molar-refractivity contribution < 1.29 is 9.53 Å². The highest BCUT2D eigenvalue weighted by Gasteiger charge is 2.08. The third-order valence-electron chi connectivity index (χ3n) is 3.27. The summed E-state index contributed by atoms with van der Waals surface area (Å²) >= 11 is 0. The molecule has 0 aliphatic carbocycles. The summed E-state index contributed by atoms with van der Waals surface area (Å²) < 4.78 is 4.99. The molecule has 1 aromatic heterocycles. The highest BCUT2D eigenvalue weighted by Crippen LogP contribution is 2.04. The van der Waals surface area contributed by atoms with Gasteiger partial charge in [0.1, 0.15) is 17.8 Å². The van der Waals surface area contributed by atoms with Crippen LogP contribution in [0.5, 0.6) is 0 Å². The minimum atomic E-state index is -0.191. The van der Waals surface area contributed by atoms with Gasteiger partial charge < -0.3 is 15.4 Å². The van der Waals surface area contributed by atoms with Crippen LogP contribution in [0.1, 0.15) is 22.5 Å². The molecule has 0 spiro atoms. The van der Waals surface area contributed by atoms with Crippen LogP contribution in [0.4, 0.5) is 5.82 Å². The number of amides is 1. The first-order valence-corrected chi connectivity index (χ1v) is 7.66. The molecule has 2 rings (SSSR count). The summed E-state index contributed by atoms with van der Waals surface area (Å²) in [6.45, 7) is 1.99. The molecule has 0 unspecified atom stereocenters. The van der Waals surface area contributed by atoms with Gasteiger partial charge in [-0.3, -0.25) is 4.79 Å². The average Bonchev–Trinajstić information content (AvgIpc) is 2.60. The summed E-state index contributed by atoms with van der Waals surface area (Å²) in [5.74, 6) is 0.451. The second-order valence-electron chi connectivity index (χ2n) is 5.05. The van der Waals surface area contributed by atoms with Crippen LogP contribution in [0.25, 0.3) is 0 Å². The Morgan fingerprint density at radius 1 is 1.17 bits per heavy atom. The van der Waals surface area contributed by atoms with E-state index in [1.807, 2.05) is 30.3 Å². The Labute approximate surface area is 136 Å². The first-order valence-electron chi connectivity index (χ1n) is 7.66. The lowest BCUT2D eigenvalue weighted by molar-refractivity contribution is 0.0949. The fourth-order valence-electron chi connectivity index (χ4n) is 2.07. The number of nitrogens with one attached hydrogen (secondary N) is 2. The summed E-state index contributed by atoms with van der Waals surface area (Å²) in [6.07, 6.45) is 3.06. The lowest BCUT2D eigenvalue weighted by Crippen LogP contribution is -2.26. The van der Waals surface area contributed by atoms with Crippen LogP contribution in [0.15, 0.2) is 42.7 Å². The van der Waals surface area contributed by atoms with E-state index in [0.717, 1.165) is 19.4 Å². The Bertz CT molecular complexity index is 605. The van der Waals surface area contributed by atoms with Gasteiger partial charge in [-0.2, -0.15) is 0 Å². The summed E-state index contributed by atoms with van der Waals surface area (Å²) in [5.41, 5.74) is 1.55. The quantitative estimate of drug-likeness (QED) is 0.691. The maximum absolute atomic E-state index is 12.1. The minimum Gasteiger partial charge on any atom is -0.385 e. The Morgan fingerprint density at radius 3 is 2.78 bits per heavy atom. The summed E-state index contributed by atoms with van der Waals surface area (Å²) in [4.78, 5) is 20.2. The molecule has 2 N–H and O–H groups in total. The van der Waals surface area contributed by atoms with Crippen molar-refractivity contribution in [3.63, 3.8) is 0 Å². The van der Waals surface area contributed by atoms with Crippen LogP contribution in [-0.4, -0.2) is 42.7 Å². The van der Waals surface area contributed by atoms with Crippen LogP contribution in [0.3, 0.4) is 0 Å². The van der Waals surface area contributed by atoms with E-state index in [2.05, 4.69) is 20.6 Å². The number of benzene rings is 1. The van der Waals surface area contributed by atoms with E-state index in [1.165, 1.54) is 11.9 Å². The molecule has 0 bridgehead atoms. The molecular formula is C17H22N4O2. The fraction of sp³-hybridized carbons (Fsp3) is 0.353. The molecule has 6 nitrogen and oxygen atoms in total. The van der Waals surface area contributed by atoms with E-state index in [1.54, 1.807) is 13.2 Å². The summed E-state index contributed by atoms with van der Waals surface area (Å²) in [6, 6.07) is 11.7. The third-order valence-corrected chi connectivity index (χ3v) is 3.27. The molecule has 0 fully saturated rings. The number of ether oxygens (including phenoxy) is 1. The van der Waals surface area contributed by atoms with Crippen LogP contribution in [-0.2, 0) is 11.2 Å². The molecule has 1 heterocycles. The van der Waals surface area contributed by atoms with Crippen molar-refractivity contribution in [2.75, 3.05) is 32.1 Å². The number of hydrogen-bond acceptors (Lipinski definition) is 5. The molecule has 122 valence electrons. The van der Waals surface area contributed by atoms with Crippen molar-refractivity contribution in [2.24, 2.45) is 0 Å². The molecule has 1 amide bonds. The van der Waals surface area contributed by atoms with Gasteiger partial charge >= 0.3 is 0 Å². The van der Waals surface area contributed by atoms with Gasteiger partial charge in [0, 0.05) is 32.9 Å². The predicted octanol–water partition coefficient (Wildman–Crippen LogP) is 1.90. The number of methoxy groups -OCH3 is 1. The highest BCUT2D eigenvalue weighted by molar-refractivity contribution is 5.92. The van der Waals surface area contributed by atoms with E-state index in [0.29, 0.717) is 24.7 Å². The molecule has 0 atom stereocenters. The summed E-state index contributed by atoms with van der Waals surface area (Å²) in [7, 11) is 1.67. The largest absolute Gasteiger partial charge is 0.385 e. The van der Waals surface area contributed by atoms with Crippen molar-refractivity contribution in [1.82, 2.24) is 15.3 Å². The molecule has 0 aliphatic heterocycles. The van der Waals surface area contributed by atoms with Gasteiger partial charge in [-0.25, -0.2) is 9.97 Å². The van der Waals surface area contributed by atoms with E-state index in [4.69, 9.17) is 4.74 Å². The van der Waals surface area contributed by atoms with Gasteiger partial charge in [0.05, 0.1) is 0 Å². The van der Waals surface area contributed by atoms with Gasteiger partial charge in [0.2, 0.25) is 0 Å². The number of rotatable bonds is 9. The number of anilines is 1. The van der Waals surface area contributed by atoms with E-state index in [-0.39, 0.29) is 5.91 Å². The summed E-state index contributed by atoms with van der Waals surface area (Å²) in [5, 5.41) is 6.02. The second kappa shape index (κ2) is 9.53. The number of carbonyl (C=O) groups excluding carboxylic acids is 1. The zero-order valence-corrected chi connectivity index (χ0v) is 13.3. The first-order chi connectivity index (χ1) is 11.3. The number of aromatic nitrogens is 2. The molecular weight excluding hydrogens is 292 g/mol. The Kier molecular flexibility index (Phi) is 7.00. The zero-order valence-electron chi connectivity index (χ0n) is 13.3. The maximum Gasteiger partial charge on any atom is 0.270 e. The fourth-order valence-corrected chi connectivity index (χ4v) is 2.07. The van der Waals surface area contributed by atoms with Gasteiger partial charge in [-0.1, -0.05) is 30.3 Å². The van der Waals surface area contributed by atoms with E-state index in [9.17, 15) is 4.79 Å². The van der Waals surface area contributed by atoms with Crippen molar-refractivity contribution in [3.05, 3.63) is 54.0 Å². The smallest absolute Gasteiger partial charge is 0.270 e. The second-order valence-corrected chi connectivity index (χ2v) is 5.05. The molecule has 0 saturated carbocycles. The lowest BCUT2D eigenvalue weighted by atomic mass is 10.1. The number of hydrogen-bond donors (Lipinski definition) is 2. The van der Waals surface area contributed by atoms with Crippen LogP contribution in [0, 0.1) is 0 Å². The average molecular weight is 314 g/mol. The number of carbonyl (C=O) groups is 1. The van der Waals surface area contributed by atoms with Crippen LogP contribution < -0.4 is 10.6 Å². The molecule has 0 radical (unpaired) electrons. The van der Waals surface area contributed by atoms with Crippen molar-refractivity contribution in [1.29, 1.82) is 0 Å². The molecule has 23 heavy (non-hydrogen) atoms. The Morgan fingerprint density at radius 2 is 2.00 bits per heavy atom. The monoisotopic (exact) mass is 314 g/mol. The SMILES string of the molecule is COCCCNc1cc(C(=O)NCCc2ccccc2)ncn1. The first kappa shape index (κ1) is 16.9. The minimum absolute atomic E-state index is 0.191. The Hall–Kier alpha value is -2.47. The van der Waals surface area contributed by atoms with Crippen LogP contribution >= 0.6 is 0 Å². The maximum atomic E-state index is 12.1. The predicted molar refractivity (Wildman–Crippen MR) is 89.5 cm³/mol. The zero-order chi connectivity index (χ0) is 16.3. The molecule has 2 aromatic rings. The van der Waals surface area contributed by atoms with Gasteiger partial charge in [-0.05, 0) is 18.4 Å². The Balaban J connectivity index is 1.79. The van der Waals surface area contributed by atoms with Crippen molar-refractivity contribution in [2.45, 2.75) is 12.8 Å². The lowest BCUT2D eigenvalue weighted by Gasteiger charge is -2.07. The number of nitrogens with zero attached hydrogens (tertiary/aromatic N) is 2. The van der Waals surface area contributed by atoms with E-state index < -0.39 is 0 Å². The van der Waals surface area contributed by atoms with Gasteiger partial charge in [-0.15, -0.1) is 0 Å².